The Morgan fingerprint density at radius 3 is 2.84 bits per heavy atom. The van der Waals surface area contributed by atoms with E-state index < -0.39 is 5.97 Å². The highest BCUT2D eigenvalue weighted by Crippen LogP contribution is 2.18. The second-order valence-electron chi connectivity index (χ2n) is 5.10. The molecule has 110 valence electrons. The molecule has 1 rings (SSSR count). The molecule has 0 radical (unpaired) electrons. The molecule has 0 aromatic carbocycles. The van der Waals surface area contributed by atoms with Gasteiger partial charge in [0.2, 0.25) is 5.91 Å². The maximum atomic E-state index is 11.7. The molecular weight excluding hydrogens is 248 g/mol. The number of carbonyl (C=O) groups is 2. The lowest BCUT2D eigenvalue weighted by Crippen LogP contribution is -2.42. The molecule has 1 saturated heterocycles. The fourth-order valence-electron chi connectivity index (χ4n) is 2.44. The minimum absolute atomic E-state index is 0.0463. The van der Waals surface area contributed by atoms with Crippen LogP contribution in [0, 0.1) is 5.92 Å². The first kappa shape index (κ1) is 15.9. The summed E-state index contributed by atoms with van der Waals surface area (Å²) in [6, 6.07) is 0. The number of carbonyl (C=O) groups excluding carboxylic acids is 1. The number of carboxylic acids is 1. The molecule has 1 amide bonds. The molecule has 1 unspecified atom stereocenters. The summed E-state index contributed by atoms with van der Waals surface area (Å²) < 4.78 is 0. The summed E-state index contributed by atoms with van der Waals surface area (Å²) in [5.41, 5.74) is 0. The number of amides is 1. The number of aliphatic hydroxyl groups is 1. The number of aliphatic hydroxyl groups excluding tert-OH is 1. The topological polar surface area (TPSA) is 89.9 Å². The second kappa shape index (κ2) is 8.87. The van der Waals surface area contributed by atoms with Gasteiger partial charge in [-0.2, -0.15) is 0 Å². The van der Waals surface area contributed by atoms with E-state index in [4.69, 9.17) is 10.2 Å². The van der Waals surface area contributed by atoms with Gasteiger partial charge in [0, 0.05) is 26.1 Å². The molecule has 0 aromatic heterocycles. The summed E-state index contributed by atoms with van der Waals surface area (Å²) in [6.07, 6.45) is 3.54. The molecule has 1 atom stereocenters. The number of likely N-dealkylation sites (tertiary alicyclic amines) is 1. The average molecular weight is 272 g/mol. The predicted octanol–water partition coefficient (Wildman–Crippen LogP) is 0.0618. The van der Waals surface area contributed by atoms with Crippen LogP contribution in [0.3, 0.4) is 0 Å². The quantitative estimate of drug-likeness (QED) is 0.544. The minimum atomic E-state index is -0.836. The van der Waals surface area contributed by atoms with Crippen LogP contribution in [0.4, 0.5) is 0 Å². The van der Waals surface area contributed by atoms with Crippen LogP contribution in [-0.2, 0) is 9.59 Å². The number of rotatable bonds is 8. The Labute approximate surface area is 113 Å². The molecule has 6 nitrogen and oxygen atoms in total. The van der Waals surface area contributed by atoms with E-state index >= 15 is 0 Å². The van der Waals surface area contributed by atoms with Crippen LogP contribution in [0.25, 0.3) is 0 Å². The van der Waals surface area contributed by atoms with Crippen LogP contribution in [-0.4, -0.2) is 59.8 Å². The largest absolute Gasteiger partial charge is 0.481 e. The van der Waals surface area contributed by atoms with Gasteiger partial charge in [-0.25, -0.2) is 0 Å². The highest BCUT2D eigenvalue weighted by Gasteiger charge is 2.20. The lowest BCUT2D eigenvalue weighted by atomic mass is 9.95. The van der Waals surface area contributed by atoms with Crippen LogP contribution in [0.15, 0.2) is 0 Å². The van der Waals surface area contributed by atoms with E-state index in [1.54, 1.807) is 0 Å². The van der Waals surface area contributed by atoms with Crippen LogP contribution in [0.5, 0.6) is 0 Å². The molecule has 0 spiro atoms. The Balaban J connectivity index is 2.15. The maximum Gasteiger partial charge on any atom is 0.303 e. The SMILES string of the molecule is O=C(O)CCCNC(=O)CN1CCCC(CCO)C1. The molecule has 0 aliphatic carbocycles. The van der Waals surface area contributed by atoms with Crippen molar-refractivity contribution in [3.8, 4) is 0 Å². The molecule has 1 heterocycles. The zero-order chi connectivity index (χ0) is 14.1. The number of hydrogen-bond donors (Lipinski definition) is 3. The van der Waals surface area contributed by atoms with Crippen LogP contribution in [0.2, 0.25) is 0 Å². The van der Waals surface area contributed by atoms with Gasteiger partial charge in [-0.3, -0.25) is 14.5 Å². The lowest BCUT2D eigenvalue weighted by molar-refractivity contribution is -0.137. The van der Waals surface area contributed by atoms with E-state index in [0.29, 0.717) is 25.4 Å². The lowest BCUT2D eigenvalue weighted by Gasteiger charge is -2.31. The van der Waals surface area contributed by atoms with Crippen molar-refractivity contribution in [3.05, 3.63) is 0 Å². The minimum Gasteiger partial charge on any atom is -0.481 e. The van der Waals surface area contributed by atoms with Crippen molar-refractivity contribution in [2.24, 2.45) is 5.92 Å². The normalized spacial score (nSPS) is 20.2. The third kappa shape index (κ3) is 7.12. The summed E-state index contributed by atoms with van der Waals surface area (Å²) in [6.45, 7) is 2.78. The molecule has 19 heavy (non-hydrogen) atoms. The molecule has 1 aliphatic rings. The number of nitrogens with zero attached hydrogens (tertiary/aromatic N) is 1. The van der Waals surface area contributed by atoms with Gasteiger partial charge < -0.3 is 15.5 Å². The molecule has 3 N–H and O–H groups in total. The molecule has 1 fully saturated rings. The molecule has 0 bridgehead atoms. The highest BCUT2D eigenvalue weighted by atomic mass is 16.4. The molecular formula is C13H24N2O4. The number of hydrogen-bond acceptors (Lipinski definition) is 4. The van der Waals surface area contributed by atoms with E-state index in [0.717, 1.165) is 32.4 Å². The zero-order valence-corrected chi connectivity index (χ0v) is 11.3. The third-order valence-corrected chi connectivity index (χ3v) is 3.40. The van der Waals surface area contributed by atoms with Crippen molar-refractivity contribution in [1.82, 2.24) is 10.2 Å². The van der Waals surface area contributed by atoms with Crippen molar-refractivity contribution in [1.29, 1.82) is 0 Å². The molecule has 0 aromatic rings. The van der Waals surface area contributed by atoms with E-state index in [-0.39, 0.29) is 18.9 Å². The molecule has 1 aliphatic heterocycles. The first-order valence-electron chi connectivity index (χ1n) is 6.93. The van der Waals surface area contributed by atoms with Crippen molar-refractivity contribution in [3.63, 3.8) is 0 Å². The highest BCUT2D eigenvalue weighted by molar-refractivity contribution is 5.78. The van der Waals surface area contributed by atoms with Gasteiger partial charge in [0.05, 0.1) is 6.54 Å². The van der Waals surface area contributed by atoms with Gasteiger partial charge in [0.25, 0.3) is 0 Å². The Kier molecular flexibility index (Phi) is 7.43. The number of carboxylic acid groups (broad SMARTS) is 1. The van der Waals surface area contributed by atoms with Crippen LogP contribution >= 0.6 is 0 Å². The maximum absolute atomic E-state index is 11.7. The van der Waals surface area contributed by atoms with Gasteiger partial charge in [-0.05, 0) is 38.1 Å². The van der Waals surface area contributed by atoms with E-state index in [1.165, 1.54) is 0 Å². The van der Waals surface area contributed by atoms with E-state index in [9.17, 15) is 9.59 Å². The van der Waals surface area contributed by atoms with Crippen molar-refractivity contribution in [2.45, 2.75) is 32.1 Å². The summed E-state index contributed by atoms with van der Waals surface area (Å²) in [5.74, 6) is -0.397. The summed E-state index contributed by atoms with van der Waals surface area (Å²) >= 11 is 0. The number of aliphatic carboxylic acids is 1. The summed E-state index contributed by atoms with van der Waals surface area (Å²) in [5, 5.41) is 20.1. The number of nitrogens with one attached hydrogen (secondary N) is 1. The van der Waals surface area contributed by atoms with Gasteiger partial charge in [0.1, 0.15) is 0 Å². The molecule has 0 saturated carbocycles. The monoisotopic (exact) mass is 272 g/mol. The van der Waals surface area contributed by atoms with Crippen molar-refractivity contribution in [2.75, 3.05) is 32.8 Å². The Hall–Kier alpha value is -1.14. The first-order chi connectivity index (χ1) is 9.11. The standard InChI is InChI=1S/C13H24N2O4/c16-8-5-11-3-2-7-15(9-11)10-12(17)14-6-1-4-13(18)19/h11,16H,1-10H2,(H,14,17)(H,18,19). The first-order valence-corrected chi connectivity index (χ1v) is 6.93. The smallest absolute Gasteiger partial charge is 0.303 e. The summed E-state index contributed by atoms with van der Waals surface area (Å²) in [7, 11) is 0. The molecule has 6 heteroatoms. The van der Waals surface area contributed by atoms with Crippen LogP contribution in [0.1, 0.15) is 32.1 Å². The van der Waals surface area contributed by atoms with E-state index in [1.807, 2.05) is 0 Å². The second-order valence-corrected chi connectivity index (χ2v) is 5.10. The third-order valence-electron chi connectivity index (χ3n) is 3.40. The zero-order valence-electron chi connectivity index (χ0n) is 11.3. The van der Waals surface area contributed by atoms with Gasteiger partial charge in [-0.1, -0.05) is 0 Å². The Bertz CT molecular complexity index is 294. The number of piperidine rings is 1. The van der Waals surface area contributed by atoms with E-state index in [2.05, 4.69) is 10.2 Å². The van der Waals surface area contributed by atoms with Gasteiger partial charge in [-0.15, -0.1) is 0 Å². The van der Waals surface area contributed by atoms with Crippen molar-refractivity contribution >= 4 is 11.9 Å². The fraction of sp³-hybridized carbons (Fsp3) is 0.846. The summed E-state index contributed by atoms with van der Waals surface area (Å²) in [4.78, 5) is 24.1. The predicted molar refractivity (Wildman–Crippen MR) is 70.7 cm³/mol. The van der Waals surface area contributed by atoms with Crippen molar-refractivity contribution < 1.29 is 19.8 Å². The Morgan fingerprint density at radius 2 is 2.16 bits per heavy atom. The fourth-order valence-corrected chi connectivity index (χ4v) is 2.44. The van der Waals surface area contributed by atoms with Crippen LogP contribution < -0.4 is 5.32 Å². The average Bonchev–Trinajstić information content (AvgIpc) is 2.35. The van der Waals surface area contributed by atoms with Gasteiger partial charge in [0.15, 0.2) is 0 Å². The Morgan fingerprint density at radius 1 is 1.37 bits per heavy atom. The van der Waals surface area contributed by atoms with Gasteiger partial charge >= 0.3 is 5.97 Å².